The van der Waals surface area contributed by atoms with E-state index in [0.29, 0.717) is 0 Å². The first kappa shape index (κ1) is 14.2. The molecule has 96 valence electrons. The molecule has 1 atom stereocenters. The highest BCUT2D eigenvalue weighted by Crippen LogP contribution is 2.11. The maximum absolute atomic E-state index is 11.9. The second-order valence-corrected chi connectivity index (χ2v) is 5.31. The van der Waals surface area contributed by atoms with Crippen LogP contribution in [0.25, 0.3) is 0 Å². The van der Waals surface area contributed by atoms with E-state index in [1.165, 1.54) is 38.2 Å². The fraction of sp³-hybridized carbons (Fsp3) is 0.273. The minimum Gasteiger partial charge on any atom is -0.358 e. The molecule has 0 saturated carbocycles. The van der Waals surface area contributed by atoms with E-state index in [1.807, 2.05) is 6.07 Å². The van der Waals surface area contributed by atoms with Crippen LogP contribution in [0.15, 0.2) is 29.2 Å². The predicted molar refractivity (Wildman–Crippen MR) is 65.0 cm³/mol. The maximum Gasteiger partial charge on any atom is 0.241 e. The molecule has 1 rings (SSSR count). The summed E-state index contributed by atoms with van der Waals surface area (Å²) in [4.78, 5) is 11.2. The lowest BCUT2D eigenvalue weighted by Gasteiger charge is -2.12. The van der Waals surface area contributed by atoms with Crippen LogP contribution in [0.2, 0.25) is 0 Å². The number of rotatable bonds is 4. The van der Waals surface area contributed by atoms with E-state index < -0.39 is 22.0 Å². The fourth-order valence-electron chi connectivity index (χ4n) is 1.30. The smallest absolute Gasteiger partial charge is 0.241 e. The lowest BCUT2D eigenvalue weighted by molar-refractivity contribution is -0.121. The number of hydrogen-bond acceptors (Lipinski definition) is 4. The largest absolute Gasteiger partial charge is 0.358 e. The number of amides is 1. The molecule has 6 nitrogen and oxygen atoms in total. The van der Waals surface area contributed by atoms with E-state index in [-0.39, 0.29) is 10.5 Å². The molecule has 7 heteroatoms. The van der Waals surface area contributed by atoms with Gasteiger partial charge in [-0.3, -0.25) is 4.79 Å². The summed E-state index contributed by atoms with van der Waals surface area (Å²) in [6, 6.07) is 6.55. The molecule has 0 heterocycles. The van der Waals surface area contributed by atoms with Crippen LogP contribution in [-0.2, 0) is 14.8 Å². The molecule has 0 saturated heterocycles. The standard InChI is InChI=1S/C11H13N3O3S/c1-8(11(15)13-2)14-18(16,17)10-5-3-4-9(6-10)7-12/h3-6,8,14H,1-2H3,(H,13,15). The maximum atomic E-state index is 11.9. The van der Waals surface area contributed by atoms with Crippen molar-refractivity contribution in [2.45, 2.75) is 17.9 Å². The van der Waals surface area contributed by atoms with Gasteiger partial charge in [-0.05, 0) is 25.1 Å². The van der Waals surface area contributed by atoms with Crippen molar-refractivity contribution in [1.29, 1.82) is 5.26 Å². The number of benzene rings is 1. The number of carbonyl (C=O) groups excluding carboxylic acids is 1. The third-order valence-electron chi connectivity index (χ3n) is 2.25. The molecular formula is C11H13N3O3S. The van der Waals surface area contributed by atoms with Crippen molar-refractivity contribution >= 4 is 15.9 Å². The highest BCUT2D eigenvalue weighted by molar-refractivity contribution is 7.89. The number of nitrogens with one attached hydrogen (secondary N) is 2. The molecule has 18 heavy (non-hydrogen) atoms. The lowest BCUT2D eigenvalue weighted by atomic mass is 10.2. The molecule has 0 bridgehead atoms. The zero-order valence-corrected chi connectivity index (χ0v) is 10.8. The Morgan fingerprint density at radius 3 is 2.67 bits per heavy atom. The van der Waals surface area contributed by atoms with E-state index in [9.17, 15) is 13.2 Å². The molecule has 1 aromatic rings. The van der Waals surface area contributed by atoms with Crippen LogP contribution in [-0.4, -0.2) is 27.4 Å². The Morgan fingerprint density at radius 2 is 2.11 bits per heavy atom. The number of carbonyl (C=O) groups is 1. The summed E-state index contributed by atoms with van der Waals surface area (Å²) < 4.78 is 26.1. The molecule has 0 spiro atoms. The average Bonchev–Trinajstić information content (AvgIpc) is 2.37. The molecule has 0 fully saturated rings. The van der Waals surface area contributed by atoms with Gasteiger partial charge in [0.05, 0.1) is 22.6 Å². The van der Waals surface area contributed by atoms with Gasteiger partial charge in [-0.2, -0.15) is 9.98 Å². The number of nitrogens with zero attached hydrogens (tertiary/aromatic N) is 1. The van der Waals surface area contributed by atoms with Crippen molar-refractivity contribution < 1.29 is 13.2 Å². The van der Waals surface area contributed by atoms with Gasteiger partial charge in [0.1, 0.15) is 0 Å². The van der Waals surface area contributed by atoms with Crippen LogP contribution in [0.3, 0.4) is 0 Å². The van der Waals surface area contributed by atoms with Crippen molar-refractivity contribution in [2.75, 3.05) is 7.05 Å². The van der Waals surface area contributed by atoms with Crippen LogP contribution >= 0.6 is 0 Å². The van der Waals surface area contributed by atoms with E-state index in [4.69, 9.17) is 5.26 Å². The number of hydrogen-bond donors (Lipinski definition) is 2. The Morgan fingerprint density at radius 1 is 1.44 bits per heavy atom. The van der Waals surface area contributed by atoms with Gasteiger partial charge in [-0.25, -0.2) is 8.42 Å². The topological polar surface area (TPSA) is 99.1 Å². The molecule has 0 aromatic heterocycles. The van der Waals surface area contributed by atoms with Gasteiger partial charge in [-0.15, -0.1) is 0 Å². The third-order valence-corrected chi connectivity index (χ3v) is 3.78. The Kier molecular flexibility index (Phi) is 4.42. The highest BCUT2D eigenvalue weighted by atomic mass is 32.2. The van der Waals surface area contributed by atoms with Crippen LogP contribution in [0.1, 0.15) is 12.5 Å². The quantitative estimate of drug-likeness (QED) is 0.800. The summed E-state index contributed by atoms with van der Waals surface area (Å²) in [7, 11) is -2.39. The van der Waals surface area contributed by atoms with Gasteiger partial charge in [0.2, 0.25) is 15.9 Å². The SMILES string of the molecule is CNC(=O)C(C)NS(=O)(=O)c1cccc(C#N)c1. The van der Waals surface area contributed by atoms with Crippen LogP contribution in [0.5, 0.6) is 0 Å². The second kappa shape index (κ2) is 5.62. The first-order valence-electron chi connectivity index (χ1n) is 5.15. The zero-order chi connectivity index (χ0) is 13.8. The molecule has 1 amide bonds. The molecule has 1 aromatic carbocycles. The first-order valence-corrected chi connectivity index (χ1v) is 6.63. The summed E-state index contributed by atoms with van der Waals surface area (Å²) in [6.45, 7) is 1.44. The Hall–Kier alpha value is -1.91. The van der Waals surface area contributed by atoms with Gasteiger partial charge in [0.15, 0.2) is 0 Å². The second-order valence-electron chi connectivity index (χ2n) is 3.60. The van der Waals surface area contributed by atoms with Crippen LogP contribution < -0.4 is 10.0 Å². The van der Waals surface area contributed by atoms with Crippen molar-refractivity contribution in [3.05, 3.63) is 29.8 Å². The minimum atomic E-state index is -3.81. The molecule has 0 aliphatic rings. The van der Waals surface area contributed by atoms with Crippen molar-refractivity contribution in [2.24, 2.45) is 0 Å². The number of sulfonamides is 1. The highest BCUT2D eigenvalue weighted by Gasteiger charge is 2.21. The van der Waals surface area contributed by atoms with Gasteiger partial charge in [-0.1, -0.05) is 6.07 Å². The monoisotopic (exact) mass is 267 g/mol. The van der Waals surface area contributed by atoms with Crippen LogP contribution in [0, 0.1) is 11.3 Å². The molecular weight excluding hydrogens is 254 g/mol. The van der Waals surface area contributed by atoms with Gasteiger partial charge < -0.3 is 5.32 Å². The molecule has 2 N–H and O–H groups in total. The summed E-state index contributed by atoms with van der Waals surface area (Å²) in [5.41, 5.74) is 0.241. The van der Waals surface area contributed by atoms with E-state index >= 15 is 0 Å². The Bertz CT molecular complexity index is 590. The zero-order valence-electron chi connectivity index (χ0n) is 9.97. The number of likely N-dealkylation sites (N-methyl/N-ethyl adjacent to an activating group) is 1. The van der Waals surface area contributed by atoms with Gasteiger partial charge >= 0.3 is 0 Å². The number of nitriles is 1. The average molecular weight is 267 g/mol. The van der Waals surface area contributed by atoms with Crippen molar-refractivity contribution in [3.8, 4) is 6.07 Å². The minimum absolute atomic E-state index is 0.0442. The normalized spacial score (nSPS) is 12.5. The third kappa shape index (κ3) is 3.29. The molecule has 0 aliphatic carbocycles. The van der Waals surface area contributed by atoms with E-state index in [1.54, 1.807) is 0 Å². The summed E-state index contributed by atoms with van der Waals surface area (Å²) in [5, 5.41) is 11.0. The van der Waals surface area contributed by atoms with E-state index in [2.05, 4.69) is 10.0 Å². The van der Waals surface area contributed by atoms with Crippen molar-refractivity contribution in [1.82, 2.24) is 10.0 Å². The summed E-state index contributed by atoms with van der Waals surface area (Å²) in [6.07, 6.45) is 0. The lowest BCUT2D eigenvalue weighted by Crippen LogP contribution is -2.43. The first-order chi connectivity index (χ1) is 8.40. The molecule has 0 radical (unpaired) electrons. The van der Waals surface area contributed by atoms with Crippen LogP contribution in [0.4, 0.5) is 0 Å². The van der Waals surface area contributed by atoms with Crippen molar-refractivity contribution in [3.63, 3.8) is 0 Å². The summed E-state index contributed by atoms with van der Waals surface area (Å²) >= 11 is 0. The van der Waals surface area contributed by atoms with Gasteiger partial charge in [0, 0.05) is 7.05 Å². The fourth-order valence-corrected chi connectivity index (χ4v) is 2.55. The Balaban J connectivity index is 3.00. The molecule has 1 unspecified atom stereocenters. The van der Waals surface area contributed by atoms with E-state index in [0.717, 1.165) is 0 Å². The predicted octanol–water partition coefficient (Wildman–Crippen LogP) is -0.0289. The molecule has 0 aliphatic heterocycles. The Labute approximate surface area is 106 Å². The van der Waals surface area contributed by atoms with Gasteiger partial charge in [0.25, 0.3) is 0 Å². The summed E-state index contributed by atoms with van der Waals surface area (Å²) in [5.74, 6) is -0.435.